The fraction of sp³-hybridized carbons (Fsp3) is 0.368. The predicted octanol–water partition coefficient (Wildman–Crippen LogP) is 1.47. The van der Waals surface area contributed by atoms with Crippen LogP contribution in [0.1, 0.15) is 22.7 Å². The lowest BCUT2D eigenvalue weighted by molar-refractivity contribution is -0.914. The molecule has 5 nitrogen and oxygen atoms in total. The molecular weight excluding hydrogens is 306 g/mol. The first-order chi connectivity index (χ1) is 11.5. The molecule has 1 aliphatic heterocycles. The third-order valence-corrected chi connectivity index (χ3v) is 4.91. The van der Waals surface area contributed by atoms with Gasteiger partial charge in [-0.25, -0.2) is 0 Å². The molecule has 2 aromatic carbocycles. The summed E-state index contributed by atoms with van der Waals surface area (Å²) < 4.78 is 10.4. The molecule has 0 aromatic heterocycles. The fourth-order valence-corrected chi connectivity index (χ4v) is 3.53. The zero-order valence-corrected chi connectivity index (χ0v) is 14.3. The molecule has 0 saturated heterocycles. The van der Waals surface area contributed by atoms with Gasteiger partial charge in [0, 0.05) is 12.8 Å². The number of hydrogen-bond acceptors (Lipinski definition) is 4. The number of hydrogen-bond donors (Lipinski definition) is 3. The van der Waals surface area contributed by atoms with Gasteiger partial charge in [0.2, 0.25) is 0 Å². The van der Waals surface area contributed by atoms with Gasteiger partial charge in [-0.05, 0) is 29.3 Å². The van der Waals surface area contributed by atoms with Crippen molar-refractivity contribution in [3.63, 3.8) is 0 Å². The van der Waals surface area contributed by atoms with Crippen molar-refractivity contribution in [2.75, 3.05) is 27.8 Å². The van der Waals surface area contributed by atoms with E-state index < -0.39 is 0 Å². The highest BCUT2D eigenvalue weighted by atomic mass is 16.5. The zero-order chi connectivity index (χ0) is 17.3. The Hall–Kier alpha value is -2.40. The summed E-state index contributed by atoms with van der Waals surface area (Å²) >= 11 is 0. The van der Waals surface area contributed by atoms with Crippen LogP contribution >= 0.6 is 0 Å². The normalized spacial score (nSPS) is 19.6. The van der Waals surface area contributed by atoms with Crippen LogP contribution in [-0.2, 0) is 12.8 Å². The van der Waals surface area contributed by atoms with Crippen molar-refractivity contribution in [3.05, 3.63) is 47.0 Å². The van der Waals surface area contributed by atoms with E-state index in [0.29, 0.717) is 11.5 Å². The van der Waals surface area contributed by atoms with Crippen LogP contribution in [0.2, 0.25) is 0 Å². The van der Waals surface area contributed by atoms with E-state index in [1.807, 2.05) is 18.2 Å². The van der Waals surface area contributed by atoms with Crippen LogP contribution in [0.25, 0.3) is 0 Å². The Morgan fingerprint density at radius 1 is 1.08 bits per heavy atom. The summed E-state index contributed by atoms with van der Waals surface area (Å²) in [6.45, 7) is 1.01. The van der Waals surface area contributed by atoms with Crippen molar-refractivity contribution < 1.29 is 24.6 Å². The minimum Gasteiger partial charge on any atom is -0.504 e. The van der Waals surface area contributed by atoms with Crippen LogP contribution in [0.15, 0.2) is 30.3 Å². The first kappa shape index (κ1) is 16.5. The van der Waals surface area contributed by atoms with Gasteiger partial charge in [0.05, 0.1) is 33.4 Å². The van der Waals surface area contributed by atoms with Crippen molar-refractivity contribution in [2.45, 2.75) is 18.9 Å². The number of benzene rings is 2. The van der Waals surface area contributed by atoms with Crippen molar-refractivity contribution in [2.24, 2.45) is 0 Å². The van der Waals surface area contributed by atoms with Crippen LogP contribution in [0.3, 0.4) is 0 Å². The lowest BCUT2D eigenvalue weighted by atomic mass is 9.88. The predicted molar refractivity (Wildman–Crippen MR) is 91.2 cm³/mol. The molecule has 2 atom stereocenters. The Labute approximate surface area is 142 Å². The van der Waals surface area contributed by atoms with Gasteiger partial charge in [0.1, 0.15) is 6.04 Å². The Bertz CT molecular complexity index is 744. The lowest BCUT2D eigenvalue weighted by Crippen LogP contribution is -3.10. The largest absolute Gasteiger partial charge is 0.504 e. The second-order valence-corrected chi connectivity index (χ2v) is 6.30. The third-order valence-electron chi connectivity index (χ3n) is 4.91. The molecule has 3 rings (SSSR count). The minimum absolute atomic E-state index is 0.108. The van der Waals surface area contributed by atoms with E-state index in [1.54, 1.807) is 19.2 Å². The van der Waals surface area contributed by atoms with Crippen molar-refractivity contribution >= 4 is 0 Å². The topological polar surface area (TPSA) is 63.4 Å². The molecule has 24 heavy (non-hydrogen) atoms. The summed E-state index contributed by atoms with van der Waals surface area (Å²) in [5.41, 5.74) is 3.13. The maximum absolute atomic E-state index is 10.6. The van der Waals surface area contributed by atoms with Crippen molar-refractivity contribution in [3.8, 4) is 23.0 Å². The summed E-state index contributed by atoms with van der Waals surface area (Å²) in [6, 6.07) is 9.44. The molecule has 2 aromatic rings. The zero-order valence-electron chi connectivity index (χ0n) is 14.3. The average molecular weight is 330 g/mol. The Balaban J connectivity index is 1.98. The smallest absolute Gasteiger partial charge is 0.167 e. The first-order valence-electron chi connectivity index (χ1n) is 8.12. The van der Waals surface area contributed by atoms with E-state index in [2.05, 4.69) is 7.05 Å². The molecule has 5 heteroatoms. The summed E-state index contributed by atoms with van der Waals surface area (Å²) in [5, 5.41) is 20.6. The monoisotopic (exact) mass is 330 g/mol. The highest BCUT2D eigenvalue weighted by molar-refractivity contribution is 5.52. The number of quaternary nitrogens is 1. The lowest BCUT2D eigenvalue weighted by Gasteiger charge is -2.32. The van der Waals surface area contributed by atoms with Gasteiger partial charge in [0.15, 0.2) is 23.0 Å². The molecule has 0 amide bonds. The SMILES string of the molecule is COc1ccc(CC2c3c(ccc(OC)c3O)CC[NH+]2C)cc1O. The molecule has 0 aliphatic carbocycles. The first-order valence-corrected chi connectivity index (χ1v) is 8.12. The second kappa shape index (κ2) is 6.61. The van der Waals surface area contributed by atoms with Crippen LogP contribution in [0.5, 0.6) is 23.0 Å². The Kier molecular flexibility index (Phi) is 4.53. The number of fused-ring (bicyclic) bond motifs is 1. The number of methoxy groups -OCH3 is 2. The molecule has 1 aliphatic rings. The van der Waals surface area contributed by atoms with E-state index >= 15 is 0 Å². The van der Waals surface area contributed by atoms with E-state index in [4.69, 9.17) is 9.47 Å². The van der Waals surface area contributed by atoms with E-state index in [0.717, 1.165) is 30.5 Å². The molecule has 2 unspecified atom stereocenters. The molecule has 0 radical (unpaired) electrons. The van der Waals surface area contributed by atoms with E-state index in [1.165, 1.54) is 17.6 Å². The van der Waals surface area contributed by atoms with Gasteiger partial charge in [-0.1, -0.05) is 12.1 Å². The molecule has 1 heterocycles. The molecule has 0 spiro atoms. The van der Waals surface area contributed by atoms with Crippen LogP contribution in [-0.4, -0.2) is 38.0 Å². The third kappa shape index (κ3) is 2.87. The minimum atomic E-state index is 0.108. The molecule has 0 saturated carbocycles. The number of aromatic hydroxyl groups is 2. The maximum Gasteiger partial charge on any atom is 0.167 e. The fourth-order valence-electron chi connectivity index (χ4n) is 3.53. The number of rotatable bonds is 4. The van der Waals surface area contributed by atoms with Crippen LogP contribution < -0.4 is 14.4 Å². The van der Waals surface area contributed by atoms with Gasteiger partial charge in [0.25, 0.3) is 0 Å². The molecule has 3 N–H and O–H groups in total. The molecule has 0 fully saturated rings. The Morgan fingerprint density at radius 3 is 2.46 bits per heavy atom. The summed E-state index contributed by atoms with van der Waals surface area (Å²) in [7, 11) is 5.24. The quantitative estimate of drug-likeness (QED) is 0.794. The van der Waals surface area contributed by atoms with Gasteiger partial charge in [-0.2, -0.15) is 0 Å². The highest BCUT2D eigenvalue weighted by Crippen LogP contribution is 2.38. The summed E-state index contributed by atoms with van der Waals surface area (Å²) in [4.78, 5) is 1.33. The maximum atomic E-state index is 10.6. The standard InChI is InChI=1S/C19H23NO4/c1-20-9-8-13-5-7-17(24-3)19(22)18(13)14(20)10-12-4-6-16(23-2)15(21)11-12/h4-7,11,14,21-22H,8-10H2,1-3H3/p+1. The molecule has 0 bridgehead atoms. The van der Waals surface area contributed by atoms with Gasteiger partial charge >= 0.3 is 0 Å². The van der Waals surface area contributed by atoms with Crippen molar-refractivity contribution in [1.82, 2.24) is 0 Å². The average Bonchev–Trinajstić information content (AvgIpc) is 2.58. The van der Waals surface area contributed by atoms with Gasteiger partial charge in [-0.3, -0.25) is 0 Å². The van der Waals surface area contributed by atoms with Crippen LogP contribution in [0.4, 0.5) is 0 Å². The number of likely N-dealkylation sites (N-methyl/N-ethyl adjacent to an activating group) is 1. The van der Waals surface area contributed by atoms with Gasteiger partial charge < -0.3 is 24.6 Å². The number of nitrogens with one attached hydrogen (secondary N) is 1. The number of ether oxygens (including phenoxy) is 2. The van der Waals surface area contributed by atoms with E-state index in [-0.39, 0.29) is 17.5 Å². The van der Waals surface area contributed by atoms with Gasteiger partial charge in [-0.15, -0.1) is 0 Å². The Morgan fingerprint density at radius 2 is 1.79 bits per heavy atom. The molecular formula is C19H24NO4+. The molecule has 128 valence electrons. The summed E-state index contributed by atoms with van der Waals surface area (Å²) in [6.07, 6.45) is 1.65. The highest BCUT2D eigenvalue weighted by Gasteiger charge is 2.32. The van der Waals surface area contributed by atoms with Crippen LogP contribution in [0, 0.1) is 0 Å². The van der Waals surface area contributed by atoms with E-state index in [9.17, 15) is 10.2 Å². The second-order valence-electron chi connectivity index (χ2n) is 6.30. The number of phenols is 2. The van der Waals surface area contributed by atoms with Crippen molar-refractivity contribution in [1.29, 1.82) is 0 Å². The number of phenolic OH excluding ortho intramolecular Hbond substituents is 2. The summed E-state index contributed by atoms with van der Waals surface area (Å²) in [5.74, 6) is 1.34.